The smallest absolute Gasteiger partial charge is 0.317 e. The molecule has 1 aromatic carbocycles. The molecule has 5 heteroatoms. The fourth-order valence-electron chi connectivity index (χ4n) is 2.64. The molecule has 1 atom stereocenters. The van der Waals surface area contributed by atoms with E-state index < -0.39 is 0 Å². The summed E-state index contributed by atoms with van der Waals surface area (Å²) >= 11 is 0. The number of benzene rings is 1. The lowest BCUT2D eigenvalue weighted by Crippen LogP contribution is -2.43. The Labute approximate surface area is 120 Å². The summed E-state index contributed by atoms with van der Waals surface area (Å²) in [5.41, 5.74) is 2.65. The van der Waals surface area contributed by atoms with Crippen molar-refractivity contribution in [1.29, 1.82) is 0 Å². The van der Waals surface area contributed by atoms with Gasteiger partial charge in [0.25, 0.3) is 0 Å². The standard InChI is InChI=1S/C15H23N3O2/c1-12-11-13-5-3-4-6-14(13)18(12)8-7-16-15(20)17(2)9-10-19/h3-6,12,19H,7-11H2,1-2H3,(H,16,20). The molecule has 20 heavy (non-hydrogen) atoms. The van der Waals surface area contributed by atoms with Crippen molar-refractivity contribution in [3.63, 3.8) is 0 Å². The number of nitrogens with zero attached hydrogens (tertiary/aromatic N) is 2. The van der Waals surface area contributed by atoms with Gasteiger partial charge in [-0.1, -0.05) is 18.2 Å². The van der Waals surface area contributed by atoms with Crippen molar-refractivity contribution in [1.82, 2.24) is 10.2 Å². The van der Waals surface area contributed by atoms with E-state index >= 15 is 0 Å². The number of aliphatic hydroxyl groups is 1. The van der Waals surface area contributed by atoms with Gasteiger partial charge in [0.05, 0.1) is 6.61 Å². The van der Waals surface area contributed by atoms with Gasteiger partial charge in [-0.05, 0) is 25.0 Å². The van der Waals surface area contributed by atoms with E-state index in [1.54, 1.807) is 7.05 Å². The average Bonchev–Trinajstić information content (AvgIpc) is 2.75. The third-order valence-electron chi connectivity index (χ3n) is 3.76. The minimum Gasteiger partial charge on any atom is -0.395 e. The first kappa shape index (κ1) is 14.7. The Balaban J connectivity index is 1.84. The molecule has 1 aliphatic heterocycles. The molecule has 1 heterocycles. The van der Waals surface area contributed by atoms with Crippen molar-refractivity contribution in [2.45, 2.75) is 19.4 Å². The van der Waals surface area contributed by atoms with Crippen molar-refractivity contribution < 1.29 is 9.90 Å². The van der Waals surface area contributed by atoms with E-state index in [-0.39, 0.29) is 12.6 Å². The average molecular weight is 277 g/mol. The second kappa shape index (κ2) is 6.61. The molecule has 2 amide bonds. The number of likely N-dealkylation sites (N-methyl/N-ethyl adjacent to an activating group) is 1. The zero-order chi connectivity index (χ0) is 14.5. The summed E-state index contributed by atoms with van der Waals surface area (Å²) in [5.74, 6) is 0. The van der Waals surface area contributed by atoms with Crippen LogP contribution in [0.5, 0.6) is 0 Å². The van der Waals surface area contributed by atoms with E-state index in [0.29, 0.717) is 19.1 Å². The molecule has 0 aliphatic carbocycles. The molecule has 2 N–H and O–H groups in total. The molecule has 0 radical (unpaired) electrons. The Kier molecular flexibility index (Phi) is 4.84. The Morgan fingerprint density at radius 3 is 3.00 bits per heavy atom. The number of anilines is 1. The molecule has 0 fully saturated rings. The summed E-state index contributed by atoms with van der Waals surface area (Å²) < 4.78 is 0. The predicted octanol–water partition coefficient (Wildman–Crippen LogP) is 1.07. The summed E-state index contributed by atoms with van der Waals surface area (Å²) in [5, 5.41) is 11.7. The van der Waals surface area contributed by atoms with Gasteiger partial charge in [0.1, 0.15) is 0 Å². The molecule has 1 aromatic rings. The fraction of sp³-hybridized carbons (Fsp3) is 0.533. The maximum atomic E-state index is 11.7. The monoisotopic (exact) mass is 277 g/mol. The third-order valence-corrected chi connectivity index (χ3v) is 3.76. The van der Waals surface area contributed by atoms with Crippen LogP contribution in [0.3, 0.4) is 0 Å². The van der Waals surface area contributed by atoms with E-state index in [4.69, 9.17) is 5.11 Å². The van der Waals surface area contributed by atoms with Crippen molar-refractivity contribution >= 4 is 11.7 Å². The molecule has 0 saturated carbocycles. The van der Waals surface area contributed by atoms with Gasteiger partial charge in [-0.15, -0.1) is 0 Å². The van der Waals surface area contributed by atoms with Crippen LogP contribution in [0.1, 0.15) is 12.5 Å². The highest BCUT2D eigenvalue weighted by atomic mass is 16.3. The van der Waals surface area contributed by atoms with Gasteiger partial charge in [-0.2, -0.15) is 0 Å². The predicted molar refractivity (Wildman–Crippen MR) is 80.1 cm³/mol. The normalized spacial score (nSPS) is 16.9. The van der Waals surface area contributed by atoms with Crippen LogP contribution in [0, 0.1) is 0 Å². The molecule has 1 unspecified atom stereocenters. The van der Waals surface area contributed by atoms with Crippen LogP contribution in [-0.2, 0) is 6.42 Å². The number of para-hydroxylation sites is 1. The van der Waals surface area contributed by atoms with E-state index in [2.05, 4.69) is 41.4 Å². The Bertz CT molecular complexity index is 464. The van der Waals surface area contributed by atoms with E-state index in [0.717, 1.165) is 13.0 Å². The number of carbonyl (C=O) groups is 1. The molecule has 5 nitrogen and oxygen atoms in total. The lowest BCUT2D eigenvalue weighted by atomic mass is 10.1. The number of aliphatic hydroxyl groups excluding tert-OH is 1. The molecule has 1 aliphatic rings. The van der Waals surface area contributed by atoms with E-state index in [1.165, 1.54) is 16.2 Å². The number of urea groups is 1. The number of hydrogen-bond donors (Lipinski definition) is 2. The van der Waals surface area contributed by atoms with E-state index in [1.807, 2.05) is 0 Å². The first-order chi connectivity index (χ1) is 9.63. The van der Waals surface area contributed by atoms with Gasteiger partial charge >= 0.3 is 6.03 Å². The number of nitrogens with one attached hydrogen (secondary N) is 1. The Morgan fingerprint density at radius 2 is 2.25 bits per heavy atom. The molecule has 2 rings (SSSR count). The van der Waals surface area contributed by atoms with Crippen molar-refractivity contribution in [2.75, 3.05) is 38.2 Å². The maximum Gasteiger partial charge on any atom is 0.317 e. The molecular weight excluding hydrogens is 254 g/mol. The third kappa shape index (κ3) is 3.22. The van der Waals surface area contributed by atoms with Gasteiger partial charge in [0, 0.05) is 38.4 Å². The number of fused-ring (bicyclic) bond motifs is 1. The molecule has 0 bridgehead atoms. The highest BCUT2D eigenvalue weighted by Crippen LogP contribution is 2.31. The van der Waals surface area contributed by atoms with Gasteiger partial charge in [-0.3, -0.25) is 0 Å². The SMILES string of the molecule is CC1Cc2ccccc2N1CCNC(=O)N(C)CCO. The quantitative estimate of drug-likeness (QED) is 0.846. The number of hydrogen-bond acceptors (Lipinski definition) is 3. The zero-order valence-corrected chi connectivity index (χ0v) is 12.2. The molecule has 0 spiro atoms. The molecule has 110 valence electrons. The number of amides is 2. The largest absolute Gasteiger partial charge is 0.395 e. The van der Waals surface area contributed by atoms with Crippen LogP contribution in [-0.4, -0.2) is 55.4 Å². The van der Waals surface area contributed by atoms with Crippen LogP contribution in [0.2, 0.25) is 0 Å². The molecule has 0 aromatic heterocycles. The first-order valence-corrected chi connectivity index (χ1v) is 7.08. The van der Waals surface area contributed by atoms with Gasteiger partial charge < -0.3 is 20.2 Å². The summed E-state index contributed by atoms with van der Waals surface area (Å²) in [6.45, 7) is 3.96. The van der Waals surface area contributed by atoms with E-state index in [9.17, 15) is 4.79 Å². The first-order valence-electron chi connectivity index (χ1n) is 7.08. The second-order valence-electron chi connectivity index (χ2n) is 5.25. The number of rotatable bonds is 5. The summed E-state index contributed by atoms with van der Waals surface area (Å²) in [7, 11) is 1.68. The minimum atomic E-state index is -0.140. The van der Waals surface area contributed by atoms with Crippen LogP contribution in [0.4, 0.5) is 10.5 Å². The topological polar surface area (TPSA) is 55.8 Å². The highest BCUT2D eigenvalue weighted by Gasteiger charge is 2.24. The Morgan fingerprint density at radius 1 is 1.50 bits per heavy atom. The lowest BCUT2D eigenvalue weighted by molar-refractivity contribution is 0.191. The van der Waals surface area contributed by atoms with Crippen LogP contribution in [0.15, 0.2) is 24.3 Å². The van der Waals surface area contributed by atoms with Crippen LogP contribution in [0.25, 0.3) is 0 Å². The summed E-state index contributed by atoms with van der Waals surface area (Å²) in [6, 6.07) is 8.76. The Hall–Kier alpha value is -1.75. The van der Waals surface area contributed by atoms with Crippen molar-refractivity contribution in [3.05, 3.63) is 29.8 Å². The summed E-state index contributed by atoms with van der Waals surface area (Å²) in [6.07, 6.45) is 1.06. The maximum absolute atomic E-state index is 11.7. The molecular formula is C15H23N3O2. The minimum absolute atomic E-state index is 0.0134. The van der Waals surface area contributed by atoms with Crippen LogP contribution >= 0.6 is 0 Å². The zero-order valence-electron chi connectivity index (χ0n) is 12.2. The molecule has 0 saturated heterocycles. The fourth-order valence-corrected chi connectivity index (χ4v) is 2.64. The van der Waals surface area contributed by atoms with Gasteiger partial charge in [-0.25, -0.2) is 4.79 Å². The summed E-state index contributed by atoms with van der Waals surface area (Å²) in [4.78, 5) is 15.5. The van der Waals surface area contributed by atoms with Gasteiger partial charge in [0.2, 0.25) is 0 Å². The lowest BCUT2D eigenvalue weighted by Gasteiger charge is -2.25. The highest BCUT2D eigenvalue weighted by molar-refractivity contribution is 5.73. The van der Waals surface area contributed by atoms with Crippen LogP contribution < -0.4 is 10.2 Å². The van der Waals surface area contributed by atoms with Crippen molar-refractivity contribution in [3.8, 4) is 0 Å². The number of carbonyl (C=O) groups excluding carboxylic acids is 1. The van der Waals surface area contributed by atoms with Gasteiger partial charge in [0.15, 0.2) is 0 Å². The van der Waals surface area contributed by atoms with Crippen molar-refractivity contribution in [2.24, 2.45) is 0 Å². The second-order valence-corrected chi connectivity index (χ2v) is 5.25.